The number of esters is 1. The van der Waals surface area contributed by atoms with Gasteiger partial charge in [-0.15, -0.1) is 0 Å². The van der Waals surface area contributed by atoms with E-state index in [4.69, 9.17) is 35.3 Å². The number of fused-ring (bicyclic) bond motifs is 5. The number of hydrogen-bond donors (Lipinski definition) is 3. The normalized spacial score (nSPS) is 33.4. The molecule has 270 valence electrons. The van der Waals surface area contributed by atoms with Crippen molar-refractivity contribution in [2.45, 2.75) is 95.7 Å². The average Bonchev–Trinajstić information content (AvgIpc) is 3.74. The number of carbonyl (C=O) groups is 4. The average molecular weight is 708 g/mol. The van der Waals surface area contributed by atoms with E-state index >= 15 is 0 Å². The Hall–Kier alpha value is -3.85. The van der Waals surface area contributed by atoms with E-state index in [0.29, 0.717) is 22.6 Å². The number of rotatable bonds is 5. The lowest BCUT2D eigenvalue weighted by Gasteiger charge is -2.42. The third-order valence-corrected chi connectivity index (χ3v) is 10.2. The number of nitrogens with zero attached hydrogens (tertiary/aromatic N) is 2. The number of aliphatic hydroxyl groups excluding tert-OH is 1. The summed E-state index contributed by atoms with van der Waals surface area (Å²) in [4.78, 5) is 54.7. The molecule has 4 rings (SSSR count). The van der Waals surface area contributed by atoms with Crippen LogP contribution in [0.3, 0.4) is 0 Å². The van der Waals surface area contributed by atoms with Gasteiger partial charge in [0.15, 0.2) is 5.72 Å². The fourth-order valence-corrected chi connectivity index (χ4v) is 6.60. The first kappa shape index (κ1) is 38.0. The van der Waals surface area contributed by atoms with Crippen molar-refractivity contribution in [2.24, 2.45) is 5.92 Å². The number of halogens is 1. The van der Waals surface area contributed by atoms with Crippen molar-refractivity contribution >= 4 is 41.2 Å². The zero-order valence-corrected chi connectivity index (χ0v) is 30.0. The van der Waals surface area contributed by atoms with Crippen molar-refractivity contribution in [2.75, 3.05) is 33.2 Å². The predicted octanol–water partition coefficient (Wildman–Crippen LogP) is 3.42. The van der Waals surface area contributed by atoms with Crippen LogP contribution in [0.25, 0.3) is 0 Å². The van der Waals surface area contributed by atoms with E-state index in [0.717, 1.165) is 0 Å². The number of ether oxygens (including phenoxy) is 5. The lowest BCUT2D eigenvalue weighted by Crippen LogP contribution is -2.63. The number of allylic oxidation sites excluding steroid dienone is 2. The molecule has 3 aliphatic heterocycles. The summed E-state index contributed by atoms with van der Waals surface area (Å²) in [7, 11) is 5.79. The fraction of sp³-hybridized carbons (Fsp3) is 0.588. The molecular formula is C34H46ClN3O11. The van der Waals surface area contributed by atoms with Crippen molar-refractivity contribution in [3.05, 3.63) is 46.2 Å². The Morgan fingerprint density at radius 2 is 1.92 bits per heavy atom. The van der Waals surface area contributed by atoms with Crippen LogP contribution in [-0.2, 0) is 39.8 Å². The van der Waals surface area contributed by atoms with Gasteiger partial charge in [0, 0.05) is 40.5 Å². The third kappa shape index (κ3) is 7.82. The molecule has 49 heavy (non-hydrogen) atoms. The number of alkyl carbamates (subject to hydrolysis) is 1. The maximum Gasteiger partial charge on any atom is 0.409 e. The number of nitrogens with one attached hydrogen (secondary N) is 1. The molecule has 0 saturated carbocycles. The molecule has 0 radical (unpaired) electrons. The maximum atomic E-state index is 14.0. The van der Waals surface area contributed by atoms with Crippen LogP contribution in [0.5, 0.6) is 5.75 Å². The highest BCUT2D eigenvalue weighted by Crippen LogP contribution is 2.49. The van der Waals surface area contributed by atoms with E-state index in [-0.39, 0.29) is 36.0 Å². The molecule has 3 aliphatic rings. The lowest BCUT2D eigenvalue weighted by atomic mass is 9.83. The van der Waals surface area contributed by atoms with E-state index in [2.05, 4.69) is 5.32 Å². The Balaban J connectivity index is 1.82. The highest BCUT2D eigenvalue weighted by atomic mass is 35.5. The minimum absolute atomic E-state index is 0.108. The van der Waals surface area contributed by atoms with Gasteiger partial charge in [-0.3, -0.25) is 14.9 Å². The molecular weight excluding hydrogens is 662 g/mol. The number of likely N-dealkylation sites (N-methyl/N-ethyl adjacent to an activating group) is 1. The van der Waals surface area contributed by atoms with Crippen LogP contribution < -0.4 is 15.0 Å². The maximum absolute atomic E-state index is 14.0. The zero-order chi connectivity index (χ0) is 36.6. The van der Waals surface area contributed by atoms with E-state index in [1.165, 1.54) is 64.1 Å². The topological polar surface area (TPSA) is 177 Å². The van der Waals surface area contributed by atoms with Gasteiger partial charge in [0.1, 0.15) is 46.5 Å². The van der Waals surface area contributed by atoms with Gasteiger partial charge in [-0.05, 0) is 62.6 Å². The first-order chi connectivity index (χ1) is 22.9. The van der Waals surface area contributed by atoms with Crippen LogP contribution in [0.4, 0.5) is 10.5 Å². The van der Waals surface area contributed by atoms with Crippen molar-refractivity contribution in [3.63, 3.8) is 0 Å². The molecule has 8 atom stereocenters. The molecule has 2 fully saturated rings. The minimum Gasteiger partial charge on any atom is -0.508 e. The smallest absolute Gasteiger partial charge is 0.409 e. The van der Waals surface area contributed by atoms with Crippen molar-refractivity contribution in [3.8, 4) is 5.75 Å². The molecule has 1 aromatic rings. The summed E-state index contributed by atoms with van der Waals surface area (Å²) in [5.41, 5.74) is -1.66. The Morgan fingerprint density at radius 3 is 2.53 bits per heavy atom. The van der Waals surface area contributed by atoms with Gasteiger partial charge in [0.25, 0.3) is 0 Å². The first-order valence-electron chi connectivity index (χ1n) is 15.9. The molecule has 3 N–H and O–H groups in total. The molecule has 0 spiro atoms. The number of aliphatic hydroxyl groups is 2. The highest BCUT2D eigenvalue weighted by Gasteiger charge is 2.64. The van der Waals surface area contributed by atoms with E-state index < -0.39 is 65.7 Å². The molecule has 14 nitrogen and oxygen atoms in total. The van der Waals surface area contributed by atoms with Crippen molar-refractivity contribution < 1.29 is 53.1 Å². The Bertz CT molecular complexity index is 1550. The number of methoxy groups -OCH3 is 2. The SMILES string of the molecule is COc1cc2cc(c1Cl)N(C)C(=O)C[C@H](OC(=O)[C@H](C)N(C)C(C)=O)[C@]1(C)O[C@H]1[C@H](C)[C@@H]1C[C@@](O)(NC(=O)O1)C(OC)/C=C/C(O)=C(\C)C2. The Labute approximate surface area is 290 Å². The molecule has 0 aliphatic carbocycles. The van der Waals surface area contributed by atoms with Crippen LogP contribution in [0.2, 0.25) is 5.02 Å². The van der Waals surface area contributed by atoms with Gasteiger partial charge in [-0.25, -0.2) is 9.59 Å². The van der Waals surface area contributed by atoms with E-state index in [1.54, 1.807) is 32.9 Å². The lowest BCUT2D eigenvalue weighted by molar-refractivity contribution is -0.161. The summed E-state index contributed by atoms with van der Waals surface area (Å²) in [5, 5.41) is 25.2. The van der Waals surface area contributed by atoms with Crippen LogP contribution in [0.15, 0.2) is 35.6 Å². The number of hydrogen-bond acceptors (Lipinski definition) is 11. The van der Waals surface area contributed by atoms with Crippen molar-refractivity contribution in [1.82, 2.24) is 10.2 Å². The Kier molecular flexibility index (Phi) is 11.3. The Morgan fingerprint density at radius 1 is 1.24 bits per heavy atom. The summed E-state index contributed by atoms with van der Waals surface area (Å²) in [5.74, 6) is -1.96. The number of amides is 3. The van der Waals surface area contributed by atoms with Gasteiger partial charge < -0.3 is 43.7 Å². The first-order valence-corrected chi connectivity index (χ1v) is 16.3. The minimum atomic E-state index is -1.93. The summed E-state index contributed by atoms with van der Waals surface area (Å²) in [6, 6.07) is 2.41. The molecule has 4 bridgehead atoms. The quantitative estimate of drug-likeness (QED) is 0.302. The van der Waals surface area contributed by atoms with Gasteiger partial charge in [-0.1, -0.05) is 18.5 Å². The highest BCUT2D eigenvalue weighted by molar-refractivity contribution is 6.35. The van der Waals surface area contributed by atoms with Crippen LogP contribution in [0, 0.1) is 5.92 Å². The summed E-state index contributed by atoms with van der Waals surface area (Å²) >= 11 is 6.69. The molecule has 15 heteroatoms. The van der Waals surface area contributed by atoms with Crippen LogP contribution in [0.1, 0.15) is 53.0 Å². The van der Waals surface area contributed by atoms with Crippen LogP contribution in [-0.4, -0.2) is 109 Å². The molecule has 2 saturated heterocycles. The number of carbonyl (C=O) groups excluding carboxylic acids is 4. The predicted molar refractivity (Wildman–Crippen MR) is 178 cm³/mol. The molecule has 3 amide bonds. The second kappa shape index (κ2) is 14.6. The standard InChI is InChI=1S/C34H46ClN3O11/c1-17-12-21-13-22(29(35)24(14-21)45-8)38(7)28(41)15-27(48-31(42)19(3)37(6)20(4)39)33(5)30(49-33)18(2)25-16-34(44,36-32(43)47-25)26(46-9)11-10-23(17)40/h10-11,13-14,18-19,25-27,30,40,44H,12,15-16H2,1-9H3,(H,36,43)/b11-10+,23-17-/t18-,19+,25+,26?,27+,30+,33+,34+/m1/s1. The third-order valence-electron chi connectivity index (χ3n) is 9.81. The van der Waals surface area contributed by atoms with Gasteiger partial charge in [0.2, 0.25) is 11.8 Å². The monoisotopic (exact) mass is 707 g/mol. The zero-order valence-electron chi connectivity index (χ0n) is 29.2. The summed E-state index contributed by atoms with van der Waals surface area (Å²) < 4.78 is 28.8. The summed E-state index contributed by atoms with van der Waals surface area (Å²) in [6.07, 6.45) is -2.15. The second-order valence-corrected chi connectivity index (χ2v) is 13.5. The summed E-state index contributed by atoms with van der Waals surface area (Å²) in [6.45, 7) is 7.98. The molecule has 1 aromatic carbocycles. The molecule has 0 aromatic heterocycles. The van der Waals surface area contributed by atoms with Gasteiger partial charge >= 0.3 is 12.1 Å². The molecule has 1 unspecified atom stereocenters. The fourth-order valence-electron chi connectivity index (χ4n) is 6.29. The van der Waals surface area contributed by atoms with E-state index in [9.17, 15) is 29.4 Å². The van der Waals surface area contributed by atoms with Crippen molar-refractivity contribution in [1.29, 1.82) is 0 Å². The van der Waals surface area contributed by atoms with Gasteiger partial charge in [-0.2, -0.15) is 0 Å². The van der Waals surface area contributed by atoms with E-state index in [1.807, 2.05) is 0 Å². The van der Waals surface area contributed by atoms with Gasteiger partial charge in [0.05, 0.1) is 25.3 Å². The number of anilines is 1. The number of benzene rings is 1. The largest absolute Gasteiger partial charge is 0.508 e. The van der Waals surface area contributed by atoms with Crippen LogP contribution >= 0.6 is 11.6 Å². The second-order valence-electron chi connectivity index (χ2n) is 13.2. The molecule has 3 heterocycles. The number of epoxide rings is 1.